The third-order valence-electron chi connectivity index (χ3n) is 1.52. The van der Waals surface area contributed by atoms with Crippen LogP contribution in [0.1, 0.15) is 19.4 Å². The quantitative estimate of drug-likeness (QED) is 0.536. The SMILES string of the molecule is Cc1cccc(OC(=O)OC(C)C)c1. The molecule has 14 heavy (non-hydrogen) atoms. The van der Waals surface area contributed by atoms with Gasteiger partial charge in [-0.3, -0.25) is 0 Å². The van der Waals surface area contributed by atoms with E-state index in [2.05, 4.69) is 0 Å². The van der Waals surface area contributed by atoms with Crippen LogP contribution in [0.15, 0.2) is 24.3 Å². The Morgan fingerprint density at radius 3 is 2.64 bits per heavy atom. The van der Waals surface area contributed by atoms with Gasteiger partial charge in [0.15, 0.2) is 0 Å². The van der Waals surface area contributed by atoms with Crippen molar-refractivity contribution < 1.29 is 14.3 Å². The van der Waals surface area contributed by atoms with Gasteiger partial charge in [0.05, 0.1) is 6.10 Å². The zero-order valence-electron chi connectivity index (χ0n) is 8.61. The number of aryl methyl sites for hydroxylation is 1. The molecule has 0 radical (unpaired) electrons. The molecular weight excluding hydrogens is 180 g/mol. The van der Waals surface area contributed by atoms with Gasteiger partial charge in [0.25, 0.3) is 0 Å². The number of benzene rings is 1. The minimum atomic E-state index is -0.661. The lowest BCUT2D eigenvalue weighted by Gasteiger charge is -2.08. The molecule has 0 N–H and O–H groups in total. The van der Waals surface area contributed by atoms with Crippen molar-refractivity contribution in [2.24, 2.45) is 0 Å². The molecule has 0 atom stereocenters. The Balaban J connectivity index is 2.56. The molecule has 0 amide bonds. The first-order chi connectivity index (χ1) is 6.58. The van der Waals surface area contributed by atoms with E-state index >= 15 is 0 Å². The second kappa shape index (κ2) is 4.65. The van der Waals surface area contributed by atoms with Crippen molar-refractivity contribution in [2.45, 2.75) is 26.9 Å². The lowest BCUT2D eigenvalue weighted by Crippen LogP contribution is -2.15. The Bertz CT molecular complexity index is 318. The minimum Gasteiger partial charge on any atom is -0.431 e. The van der Waals surface area contributed by atoms with E-state index in [1.54, 1.807) is 26.0 Å². The standard InChI is InChI=1S/C11H14O3/c1-8(2)13-11(12)14-10-6-4-5-9(3)7-10/h4-8H,1-3H3. The largest absolute Gasteiger partial charge is 0.514 e. The molecule has 0 aromatic heterocycles. The van der Waals surface area contributed by atoms with Crippen LogP contribution < -0.4 is 4.74 Å². The Morgan fingerprint density at radius 2 is 2.07 bits per heavy atom. The summed E-state index contributed by atoms with van der Waals surface area (Å²) in [7, 11) is 0. The van der Waals surface area contributed by atoms with Crippen molar-refractivity contribution in [3.63, 3.8) is 0 Å². The lowest BCUT2D eigenvalue weighted by molar-refractivity contribution is 0.0729. The molecule has 1 aromatic carbocycles. The molecule has 76 valence electrons. The van der Waals surface area contributed by atoms with Crippen molar-refractivity contribution in [1.82, 2.24) is 0 Å². The molecule has 0 spiro atoms. The predicted octanol–water partition coefficient (Wildman–Crippen LogP) is 2.92. The van der Waals surface area contributed by atoms with Crippen LogP contribution in [0.25, 0.3) is 0 Å². The van der Waals surface area contributed by atoms with Crippen molar-refractivity contribution in [3.8, 4) is 5.75 Å². The van der Waals surface area contributed by atoms with Crippen LogP contribution in [0, 0.1) is 6.92 Å². The van der Waals surface area contributed by atoms with E-state index in [1.807, 2.05) is 19.1 Å². The van der Waals surface area contributed by atoms with E-state index in [0.29, 0.717) is 5.75 Å². The maximum absolute atomic E-state index is 11.1. The molecule has 0 aliphatic carbocycles. The maximum Gasteiger partial charge on any atom is 0.514 e. The van der Waals surface area contributed by atoms with Crippen LogP contribution in [0.2, 0.25) is 0 Å². The van der Waals surface area contributed by atoms with E-state index in [4.69, 9.17) is 9.47 Å². The number of hydrogen-bond acceptors (Lipinski definition) is 3. The Morgan fingerprint density at radius 1 is 1.36 bits per heavy atom. The fraction of sp³-hybridized carbons (Fsp3) is 0.364. The van der Waals surface area contributed by atoms with Crippen LogP contribution in [0.5, 0.6) is 5.75 Å². The first-order valence-corrected chi connectivity index (χ1v) is 4.53. The summed E-state index contributed by atoms with van der Waals surface area (Å²) in [5.41, 5.74) is 1.04. The van der Waals surface area contributed by atoms with E-state index in [-0.39, 0.29) is 6.10 Å². The highest BCUT2D eigenvalue weighted by atomic mass is 16.7. The molecular formula is C11H14O3. The van der Waals surface area contributed by atoms with Gasteiger partial charge in [-0.1, -0.05) is 12.1 Å². The van der Waals surface area contributed by atoms with Crippen LogP contribution in [-0.2, 0) is 4.74 Å². The average molecular weight is 194 g/mol. The molecule has 0 bridgehead atoms. The molecule has 1 aromatic rings. The van der Waals surface area contributed by atoms with E-state index < -0.39 is 6.16 Å². The Labute approximate surface area is 83.6 Å². The van der Waals surface area contributed by atoms with Gasteiger partial charge in [-0.15, -0.1) is 0 Å². The highest BCUT2D eigenvalue weighted by Crippen LogP contribution is 2.13. The van der Waals surface area contributed by atoms with Crippen LogP contribution in [0.4, 0.5) is 4.79 Å². The van der Waals surface area contributed by atoms with Gasteiger partial charge >= 0.3 is 6.16 Å². The van der Waals surface area contributed by atoms with Gasteiger partial charge in [-0.2, -0.15) is 0 Å². The van der Waals surface area contributed by atoms with Gasteiger partial charge in [0, 0.05) is 0 Å². The molecule has 0 aliphatic rings. The lowest BCUT2D eigenvalue weighted by atomic mass is 10.2. The average Bonchev–Trinajstić information content (AvgIpc) is 2.01. The second-order valence-corrected chi connectivity index (χ2v) is 3.34. The molecule has 0 saturated heterocycles. The summed E-state index contributed by atoms with van der Waals surface area (Å²) in [4.78, 5) is 11.1. The predicted molar refractivity (Wildman–Crippen MR) is 53.4 cm³/mol. The Hall–Kier alpha value is -1.51. The number of rotatable bonds is 2. The van der Waals surface area contributed by atoms with Crippen molar-refractivity contribution in [3.05, 3.63) is 29.8 Å². The number of ether oxygens (including phenoxy) is 2. The highest BCUT2D eigenvalue weighted by Gasteiger charge is 2.07. The maximum atomic E-state index is 11.1. The summed E-state index contributed by atoms with van der Waals surface area (Å²) in [6, 6.07) is 7.25. The fourth-order valence-electron chi connectivity index (χ4n) is 0.992. The summed E-state index contributed by atoms with van der Waals surface area (Å²) in [6.07, 6.45) is -0.821. The van der Waals surface area contributed by atoms with Gasteiger partial charge in [0.2, 0.25) is 0 Å². The molecule has 0 fully saturated rings. The van der Waals surface area contributed by atoms with Crippen LogP contribution in [-0.4, -0.2) is 12.3 Å². The topological polar surface area (TPSA) is 35.5 Å². The smallest absolute Gasteiger partial charge is 0.431 e. The monoisotopic (exact) mass is 194 g/mol. The summed E-state index contributed by atoms with van der Waals surface area (Å²) < 4.78 is 9.78. The third kappa shape index (κ3) is 3.47. The molecule has 3 heteroatoms. The molecule has 0 aliphatic heterocycles. The third-order valence-corrected chi connectivity index (χ3v) is 1.52. The first kappa shape index (κ1) is 10.6. The summed E-state index contributed by atoms with van der Waals surface area (Å²) in [5.74, 6) is 0.510. The van der Waals surface area contributed by atoms with Gasteiger partial charge in [-0.25, -0.2) is 4.79 Å². The summed E-state index contributed by atoms with van der Waals surface area (Å²) in [6.45, 7) is 5.48. The Kier molecular flexibility index (Phi) is 3.51. The normalized spacial score (nSPS) is 10.0. The molecule has 3 nitrogen and oxygen atoms in total. The van der Waals surface area contributed by atoms with E-state index in [0.717, 1.165) is 5.56 Å². The summed E-state index contributed by atoms with van der Waals surface area (Å²) in [5, 5.41) is 0. The number of carbonyl (C=O) groups is 1. The molecule has 1 rings (SSSR count). The molecule has 0 unspecified atom stereocenters. The fourth-order valence-corrected chi connectivity index (χ4v) is 0.992. The second-order valence-electron chi connectivity index (χ2n) is 3.34. The van der Waals surface area contributed by atoms with E-state index in [1.165, 1.54) is 0 Å². The molecule has 0 heterocycles. The zero-order valence-corrected chi connectivity index (χ0v) is 8.61. The number of hydrogen-bond donors (Lipinski definition) is 0. The van der Waals surface area contributed by atoms with Crippen molar-refractivity contribution in [1.29, 1.82) is 0 Å². The number of carbonyl (C=O) groups excluding carboxylic acids is 1. The highest BCUT2D eigenvalue weighted by molar-refractivity contribution is 5.64. The minimum absolute atomic E-state index is 0.160. The zero-order chi connectivity index (χ0) is 10.6. The van der Waals surface area contributed by atoms with Crippen molar-refractivity contribution in [2.75, 3.05) is 0 Å². The van der Waals surface area contributed by atoms with Crippen LogP contribution >= 0.6 is 0 Å². The van der Waals surface area contributed by atoms with Gasteiger partial charge in [-0.05, 0) is 38.5 Å². The summed E-state index contributed by atoms with van der Waals surface area (Å²) >= 11 is 0. The molecule has 0 saturated carbocycles. The first-order valence-electron chi connectivity index (χ1n) is 4.53. The van der Waals surface area contributed by atoms with Crippen LogP contribution in [0.3, 0.4) is 0 Å². The van der Waals surface area contributed by atoms with Gasteiger partial charge < -0.3 is 9.47 Å². The van der Waals surface area contributed by atoms with Crippen molar-refractivity contribution >= 4 is 6.16 Å². The van der Waals surface area contributed by atoms with E-state index in [9.17, 15) is 4.79 Å². The van der Waals surface area contributed by atoms with Gasteiger partial charge in [0.1, 0.15) is 5.75 Å².